The van der Waals surface area contributed by atoms with Crippen molar-refractivity contribution in [1.29, 1.82) is 0 Å². The third kappa shape index (κ3) is 6.23. The standard InChI is InChI=1S/C32H37F3N6O4/c1-30(2,43)16-41-12-6-8-19(15-41)20-10-11-23(26-25(20)44-17-45-26)39-29-37-14-21(32(33,34)35)27(40-29)36-13-18-7-5-9-22-24(18)31(3,4)28(42)38-22/h5,7,9-11,14,19,43H,6,8,12-13,15-17H2,1-4H3,(H,38,42)(H2,36,37,39,40). The number of halogens is 3. The lowest BCUT2D eigenvalue weighted by molar-refractivity contribution is -0.137. The third-order valence-corrected chi connectivity index (χ3v) is 8.48. The van der Waals surface area contributed by atoms with Crippen LogP contribution < -0.4 is 25.4 Å². The zero-order valence-electron chi connectivity index (χ0n) is 25.6. The van der Waals surface area contributed by atoms with E-state index in [1.165, 1.54) is 0 Å². The van der Waals surface area contributed by atoms with Crippen LogP contribution in [0.4, 0.5) is 36.3 Å². The first-order valence-electron chi connectivity index (χ1n) is 15.0. The number of hydrogen-bond donors (Lipinski definition) is 4. The van der Waals surface area contributed by atoms with E-state index >= 15 is 0 Å². The average Bonchev–Trinajstić information content (AvgIpc) is 3.54. The minimum absolute atomic E-state index is 0.00795. The number of aromatic nitrogens is 2. The molecule has 4 heterocycles. The number of amides is 1. The Morgan fingerprint density at radius 1 is 1.16 bits per heavy atom. The Labute approximate surface area is 259 Å². The number of piperidine rings is 1. The van der Waals surface area contributed by atoms with Crippen LogP contribution >= 0.6 is 0 Å². The van der Waals surface area contributed by atoms with E-state index in [1.54, 1.807) is 52.0 Å². The van der Waals surface area contributed by atoms with E-state index < -0.39 is 28.6 Å². The van der Waals surface area contributed by atoms with E-state index in [0.717, 1.165) is 43.3 Å². The molecule has 0 aliphatic carbocycles. The lowest BCUT2D eigenvalue weighted by atomic mass is 9.83. The Morgan fingerprint density at radius 3 is 2.69 bits per heavy atom. The number of aliphatic hydroxyl groups is 1. The van der Waals surface area contributed by atoms with Crippen LogP contribution in [0.2, 0.25) is 0 Å². The molecule has 0 bridgehead atoms. The second-order valence-electron chi connectivity index (χ2n) is 13.0. The van der Waals surface area contributed by atoms with Crippen molar-refractivity contribution in [2.75, 3.05) is 42.4 Å². The molecule has 1 amide bonds. The van der Waals surface area contributed by atoms with Crippen molar-refractivity contribution >= 4 is 29.0 Å². The Kier molecular flexibility index (Phi) is 7.80. The second-order valence-corrected chi connectivity index (χ2v) is 13.0. The number of alkyl halides is 3. The van der Waals surface area contributed by atoms with Crippen molar-refractivity contribution in [1.82, 2.24) is 14.9 Å². The molecule has 3 aromatic rings. The van der Waals surface area contributed by atoms with Gasteiger partial charge in [-0.15, -0.1) is 0 Å². The molecule has 1 atom stereocenters. The maximum Gasteiger partial charge on any atom is 0.421 e. The average molecular weight is 627 g/mol. The lowest BCUT2D eigenvalue weighted by Gasteiger charge is -2.36. The molecule has 45 heavy (non-hydrogen) atoms. The monoisotopic (exact) mass is 626 g/mol. The third-order valence-electron chi connectivity index (χ3n) is 8.48. The summed E-state index contributed by atoms with van der Waals surface area (Å²) in [6.45, 7) is 9.39. The van der Waals surface area contributed by atoms with Gasteiger partial charge in [0, 0.05) is 43.0 Å². The number of nitrogens with zero attached hydrogens (tertiary/aromatic N) is 3. The molecule has 3 aliphatic heterocycles. The number of hydrogen-bond acceptors (Lipinski definition) is 9. The summed E-state index contributed by atoms with van der Waals surface area (Å²) in [6.07, 6.45) is -2.03. The molecule has 6 rings (SSSR count). The molecule has 0 spiro atoms. The minimum atomic E-state index is -4.70. The van der Waals surface area contributed by atoms with Gasteiger partial charge in [-0.3, -0.25) is 9.69 Å². The summed E-state index contributed by atoms with van der Waals surface area (Å²) in [5.74, 6) is 0.578. The largest absolute Gasteiger partial charge is 0.453 e. The van der Waals surface area contributed by atoms with Crippen LogP contribution in [-0.2, 0) is 22.9 Å². The number of β-amino-alcohol motifs (C(OH)–C–C–N with tert-alkyl or cyclic N) is 1. The Hall–Kier alpha value is -4.10. The molecule has 13 heteroatoms. The van der Waals surface area contributed by atoms with Crippen molar-refractivity contribution in [3.63, 3.8) is 0 Å². The fourth-order valence-corrected chi connectivity index (χ4v) is 6.50. The Morgan fingerprint density at radius 2 is 1.93 bits per heavy atom. The number of likely N-dealkylation sites (tertiary alicyclic amines) is 1. The summed E-state index contributed by atoms with van der Waals surface area (Å²) in [5.41, 5.74) is 0.852. The van der Waals surface area contributed by atoms with Crippen molar-refractivity contribution < 1.29 is 32.5 Å². The van der Waals surface area contributed by atoms with Gasteiger partial charge in [-0.25, -0.2) is 4.98 Å². The van der Waals surface area contributed by atoms with Crippen LogP contribution in [0, 0.1) is 0 Å². The van der Waals surface area contributed by atoms with Gasteiger partial charge in [-0.1, -0.05) is 18.2 Å². The van der Waals surface area contributed by atoms with Crippen LogP contribution in [0.15, 0.2) is 36.5 Å². The molecular weight excluding hydrogens is 589 g/mol. The molecule has 3 aliphatic rings. The van der Waals surface area contributed by atoms with Crippen molar-refractivity contribution in [2.45, 2.75) is 70.2 Å². The Bertz CT molecular complexity index is 1620. The molecule has 10 nitrogen and oxygen atoms in total. The van der Waals surface area contributed by atoms with Crippen LogP contribution in [-0.4, -0.2) is 57.9 Å². The highest BCUT2D eigenvalue weighted by Gasteiger charge is 2.40. The van der Waals surface area contributed by atoms with Gasteiger partial charge in [0.25, 0.3) is 0 Å². The summed E-state index contributed by atoms with van der Waals surface area (Å²) in [4.78, 5) is 22.9. The van der Waals surface area contributed by atoms with E-state index in [-0.39, 0.29) is 31.1 Å². The molecule has 0 saturated carbocycles. The highest BCUT2D eigenvalue weighted by molar-refractivity contribution is 6.06. The SMILES string of the molecule is CC(C)(O)CN1CCCC(c2ccc(Nc3ncc(C(F)(F)F)c(NCc4cccc5c4C(C)(C)C(=O)N5)n3)c3c2OCO3)C1. The molecule has 240 valence electrons. The van der Waals surface area contributed by atoms with Gasteiger partial charge in [-0.05, 0) is 70.3 Å². The van der Waals surface area contributed by atoms with Crippen LogP contribution in [0.1, 0.15) is 68.7 Å². The first-order valence-corrected chi connectivity index (χ1v) is 15.0. The number of anilines is 4. The predicted octanol–water partition coefficient (Wildman–Crippen LogP) is 5.76. The normalized spacial score (nSPS) is 19.3. The number of rotatable bonds is 8. The van der Waals surface area contributed by atoms with E-state index in [2.05, 4.69) is 30.8 Å². The molecule has 2 aromatic carbocycles. The molecular formula is C32H37F3N6O4. The summed E-state index contributed by atoms with van der Waals surface area (Å²) in [7, 11) is 0. The zero-order valence-corrected chi connectivity index (χ0v) is 25.6. The Balaban J connectivity index is 1.25. The van der Waals surface area contributed by atoms with Crippen LogP contribution in [0.5, 0.6) is 11.5 Å². The van der Waals surface area contributed by atoms with Gasteiger partial charge in [0.1, 0.15) is 11.4 Å². The van der Waals surface area contributed by atoms with E-state index in [4.69, 9.17) is 9.47 Å². The lowest BCUT2D eigenvalue weighted by Crippen LogP contribution is -2.43. The fraction of sp³-hybridized carbons (Fsp3) is 0.469. The second kappa shape index (κ2) is 11.4. The summed E-state index contributed by atoms with van der Waals surface area (Å²) >= 11 is 0. The quantitative estimate of drug-likeness (QED) is 0.247. The zero-order chi connectivity index (χ0) is 32.1. The van der Waals surface area contributed by atoms with E-state index in [9.17, 15) is 23.1 Å². The van der Waals surface area contributed by atoms with Crippen molar-refractivity contribution in [3.8, 4) is 11.5 Å². The minimum Gasteiger partial charge on any atom is -0.453 e. The summed E-state index contributed by atoms with van der Waals surface area (Å²) < 4.78 is 53.7. The molecule has 1 unspecified atom stereocenters. The number of nitrogens with one attached hydrogen (secondary N) is 3. The molecule has 1 fully saturated rings. The van der Waals surface area contributed by atoms with Crippen molar-refractivity contribution in [3.05, 3.63) is 58.8 Å². The smallest absolute Gasteiger partial charge is 0.421 e. The highest BCUT2D eigenvalue weighted by atomic mass is 19.4. The van der Waals surface area contributed by atoms with E-state index in [1.807, 2.05) is 6.07 Å². The molecule has 1 aromatic heterocycles. The maximum absolute atomic E-state index is 14.0. The van der Waals surface area contributed by atoms with Gasteiger partial charge in [0.05, 0.1) is 16.7 Å². The van der Waals surface area contributed by atoms with Gasteiger partial charge in [0.2, 0.25) is 18.6 Å². The highest BCUT2D eigenvalue weighted by Crippen LogP contribution is 2.47. The summed E-state index contributed by atoms with van der Waals surface area (Å²) in [6, 6.07) is 9.03. The van der Waals surface area contributed by atoms with Crippen molar-refractivity contribution in [2.24, 2.45) is 0 Å². The molecule has 0 radical (unpaired) electrons. The topological polar surface area (TPSA) is 121 Å². The number of ether oxygens (including phenoxy) is 2. The fourth-order valence-electron chi connectivity index (χ4n) is 6.50. The van der Waals surface area contributed by atoms with Crippen LogP contribution in [0.25, 0.3) is 0 Å². The van der Waals surface area contributed by atoms with Gasteiger partial charge in [-0.2, -0.15) is 18.2 Å². The number of benzene rings is 2. The van der Waals surface area contributed by atoms with Gasteiger partial charge < -0.3 is 30.5 Å². The first-order chi connectivity index (χ1) is 21.2. The van der Waals surface area contributed by atoms with E-state index in [0.29, 0.717) is 35.0 Å². The van der Waals surface area contributed by atoms with Crippen LogP contribution in [0.3, 0.4) is 0 Å². The summed E-state index contributed by atoms with van der Waals surface area (Å²) in [5, 5.41) is 19.0. The number of fused-ring (bicyclic) bond motifs is 2. The number of carbonyl (C=O) groups is 1. The first kappa shape index (κ1) is 30.9. The van der Waals surface area contributed by atoms with Gasteiger partial charge in [0.15, 0.2) is 11.5 Å². The molecule has 1 saturated heterocycles. The predicted molar refractivity (Wildman–Crippen MR) is 163 cm³/mol. The number of carbonyl (C=O) groups excluding carboxylic acids is 1. The maximum atomic E-state index is 14.0. The molecule has 4 N–H and O–H groups in total. The van der Waals surface area contributed by atoms with Gasteiger partial charge >= 0.3 is 6.18 Å².